The Morgan fingerprint density at radius 1 is 0.879 bits per heavy atom. The lowest BCUT2D eigenvalue weighted by Crippen LogP contribution is -2.57. The molecule has 0 spiro atoms. The van der Waals surface area contributed by atoms with Gasteiger partial charge in [-0.25, -0.2) is 14.3 Å². The number of hydrogen-bond donors (Lipinski definition) is 3. The van der Waals surface area contributed by atoms with E-state index in [1.165, 1.54) is 14.2 Å². The topological polar surface area (TPSA) is 140 Å². The summed E-state index contributed by atoms with van der Waals surface area (Å²) in [4.78, 5) is 62.0. The molecule has 13 nitrogen and oxygen atoms in total. The van der Waals surface area contributed by atoms with Crippen molar-refractivity contribution in [3.8, 4) is 22.4 Å². The predicted molar refractivity (Wildman–Crippen MR) is 216 cm³/mol. The van der Waals surface area contributed by atoms with Crippen LogP contribution in [0.5, 0.6) is 0 Å². The highest BCUT2D eigenvalue weighted by atomic mass is 16.5. The Labute approximate surface area is 338 Å². The zero-order chi connectivity index (χ0) is 40.2. The Morgan fingerprint density at radius 2 is 1.57 bits per heavy atom. The van der Waals surface area contributed by atoms with E-state index in [2.05, 4.69) is 93.6 Å². The van der Waals surface area contributed by atoms with Crippen molar-refractivity contribution in [2.45, 2.75) is 69.2 Å². The van der Waals surface area contributed by atoms with Crippen LogP contribution in [0.4, 0.5) is 10.5 Å². The molecule has 3 aromatic carbocycles. The molecule has 5 aliphatic rings. The zero-order valence-electron chi connectivity index (χ0n) is 33.4. The fourth-order valence-corrected chi connectivity index (χ4v) is 9.56. The molecule has 1 saturated heterocycles. The van der Waals surface area contributed by atoms with Crippen molar-refractivity contribution >= 4 is 35.3 Å². The van der Waals surface area contributed by atoms with Gasteiger partial charge in [0.05, 0.1) is 38.7 Å². The number of benzene rings is 3. The number of nitrogens with one attached hydrogen (secondary N) is 3. The number of carbonyl (C=O) groups is 4. The number of likely N-dealkylation sites (tertiary alicyclic amines) is 1. The summed E-state index contributed by atoms with van der Waals surface area (Å²) in [6, 6.07) is 22.3. The first-order valence-corrected chi connectivity index (χ1v) is 20.3. The van der Waals surface area contributed by atoms with E-state index in [-0.39, 0.29) is 36.0 Å². The molecule has 58 heavy (non-hydrogen) atoms. The van der Waals surface area contributed by atoms with E-state index in [4.69, 9.17) is 9.47 Å². The maximum atomic E-state index is 14.0. The van der Waals surface area contributed by atoms with Crippen molar-refractivity contribution in [3.63, 3.8) is 0 Å². The smallest absolute Gasteiger partial charge is 0.407 e. The summed E-state index contributed by atoms with van der Waals surface area (Å²) in [5, 5.41) is 6.50. The van der Waals surface area contributed by atoms with Crippen LogP contribution >= 0.6 is 0 Å². The summed E-state index contributed by atoms with van der Waals surface area (Å²) in [6.07, 6.45) is 8.91. The van der Waals surface area contributed by atoms with Crippen LogP contribution in [0, 0.1) is 11.8 Å². The van der Waals surface area contributed by atoms with Crippen LogP contribution in [-0.4, -0.2) is 84.7 Å². The molecule has 1 saturated carbocycles. The van der Waals surface area contributed by atoms with E-state index in [1.54, 1.807) is 0 Å². The number of methoxy groups -OCH3 is 2. The number of alkyl carbamates (subject to hydrolysis) is 1. The highest BCUT2D eigenvalue weighted by Gasteiger charge is 2.48. The Morgan fingerprint density at radius 3 is 2.26 bits per heavy atom. The number of aryl methyl sites for hydroxylation is 2. The molecule has 3 amide bonds. The highest BCUT2D eigenvalue weighted by Crippen LogP contribution is 2.45. The summed E-state index contributed by atoms with van der Waals surface area (Å²) in [7, 11) is 6.69. The quantitative estimate of drug-likeness (QED) is 0.125. The van der Waals surface area contributed by atoms with Gasteiger partial charge in [-0.2, -0.15) is 0 Å². The van der Waals surface area contributed by atoms with Crippen molar-refractivity contribution in [2.24, 2.45) is 18.9 Å². The molecule has 3 N–H and O–H groups in total. The van der Waals surface area contributed by atoms with Crippen molar-refractivity contribution < 1.29 is 33.2 Å². The third-order valence-electron chi connectivity index (χ3n) is 12.7. The molecule has 1 aliphatic carbocycles. The fraction of sp³-hybridized carbons (Fsp3) is 0.400. The second-order valence-electron chi connectivity index (χ2n) is 16.3. The van der Waals surface area contributed by atoms with Crippen molar-refractivity contribution in [1.29, 1.82) is 0 Å². The maximum Gasteiger partial charge on any atom is 0.407 e. The van der Waals surface area contributed by atoms with Gasteiger partial charge < -0.3 is 29.9 Å². The van der Waals surface area contributed by atoms with E-state index < -0.39 is 24.0 Å². The van der Waals surface area contributed by atoms with E-state index >= 15 is 0 Å². The largest absolute Gasteiger partial charge is 0.468 e. The molecule has 0 bridgehead atoms. The zero-order valence-corrected chi connectivity index (χ0v) is 33.4. The number of esters is 1. The second-order valence-corrected chi connectivity index (χ2v) is 16.3. The van der Waals surface area contributed by atoms with Gasteiger partial charge in [0.25, 0.3) is 5.82 Å². The first kappa shape index (κ1) is 37.5. The Balaban J connectivity index is 0.881. The summed E-state index contributed by atoms with van der Waals surface area (Å²) in [5.74, 6) is -0.497. The average Bonchev–Trinajstić information content (AvgIpc) is 3.50. The number of nitrogens with zero attached hydrogens (tertiary/aromatic N) is 4. The number of likely N-dealkylation sites (N-methyl/N-ethyl adjacent to an activating group) is 1. The van der Waals surface area contributed by atoms with Crippen LogP contribution in [0.15, 0.2) is 79.1 Å². The van der Waals surface area contributed by atoms with Gasteiger partial charge in [0.15, 0.2) is 5.69 Å². The minimum absolute atomic E-state index is 0.0256. The molecular formula is C45H50N7O6+. The minimum atomic E-state index is -0.833. The molecule has 5 heterocycles. The minimum Gasteiger partial charge on any atom is -0.468 e. The average molecular weight is 785 g/mol. The number of para-hydroxylation sites is 1. The van der Waals surface area contributed by atoms with Gasteiger partial charge >= 0.3 is 12.1 Å². The number of carbonyl (C=O) groups excluding carboxylic acids is 4. The van der Waals surface area contributed by atoms with Crippen LogP contribution in [-0.2, 0) is 43.7 Å². The number of H-pyrrole nitrogens is 1. The number of anilines is 1. The standard InChI is InChI=1S/C45H49N7O6/c1-49-24-34(46-40(49)36-9-6-22-51(36)43(54)38(30-18-19-30)48-45(56)58-4)28-14-10-26(11-15-28)27-12-16-29(17-13-27)35-25-50(2)41(47-35)37-23-32-8-5-7-31-20-21-33(44(55)57-3)42(53)52(37)39(31)32/h5,7-8,10-17,24-25,30,33,36-38,40,46H,6,9,18-23H2,1-4H3,(H,48,56)/p+1. The third kappa shape index (κ3) is 6.65. The molecule has 1 aromatic heterocycles. The molecule has 13 heteroatoms. The number of rotatable bonds is 9. The van der Waals surface area contributed by atoms with Crippen molar-refractivity contribution in [3.05, 3.63) is 102 Å². The van der Waals surface area contributed by atoms with Gasteiger partial charge in [-0.15, -0.1) is 0 Å². The number of aromatic nitrogens is 2. The van der Waals surface area contributed by atoms with Crippen LogP contribution < -0.4 is 20.1 Å². The summed E-state index contributed by atoms with van der Waals surface area (Å²) in [6.45, 7) is 0.669. The predicted octanol–water partition coefficient (Wildman–Crippen LogP) is 4.82. The summed E-state index contributed by atoms with van der Waals surface area (Å²) >= 11 is 0. The third-order valence-corrected chi connectivity index (χ3v) is 12.7. The Bertz CT molecular complexity index is 2300. The number of ether oxygens (including phenoxy) is 2. The molecule has 5 atom stereocenters. The van der Waals surface area contributed by atoms with E-state index in [0.29, 0.717) is 25.8 Å². The summed E-state index contributed by atoms with van der Waals surface area (Å²) < 4.78 is 11.9. The normalized spacial score (nSPS) is 22.9. The lowest BCUT2D eigenvalue weighted by molar-refractivity contribution is -0.678. The number of imidazole rings is 1. The fourth-order valence-electron chi connectivity index (χ4n) is 9.56. The molecule has 2 fully saturated rings. The lowest BCUT2D eigenvalue weighted by atomic mass is 9.98. The molecule has 300 valence electrons. The highest BCUT2D eigenvalue weighted by molar-refractivity contribution is 6.08. The molecular weight excluding hydrogens is 735 g/mol. The maximum absolute atomic E-state index is 14.0. The van der Waals surface area contributed by atoms with Crippen LogP contribution in [0.1, 0.15) is 60.7 Å². The number of hydrogen-bond acceptors (Lipinski definition) is 8. The van der Waals surface area contributed by atoms with Gasteiger partial charge in [-0.05, 0) is 84.4 Å². The number of aromatic amines is 1. The molecule has 5 unspecified atom stereocenters. The van der Waals surface area contributed by atoms with Gasteiger partial charge in [0.1, 0.15) is 30.4 Å². The van der Waals surface area contributed by atoms with Gasteiger partial charge in [-0.1, -0.05) is 54.6 Å². The van der Waals surface area contributed by atoms with E-state index in [9.17, 15) is 19.2 Å². The monoisotopic (exact) mass is 784 g/mol. The lowest BCUT2D eigenvalue weighted by Gasteiger charge is -2.35. The van der Waals surface area contributed by atoms with E-state index in [1.807, 2.05) is 34.5 Å². The van der Waals surface area contributed by atoms with Crippen LogP contribution in [0.25, 0.3) is 28.1 Å². The molecule has 4 aromatic rings. The van der Waals surface area contributed by atoms with Crippen molar-refractivity contribution in [1.82, 2.24) is 25.4 Å². The first-order valence-electron chi connectivity index (χ1n) is 20.3. The van der Waals surface area contributed by atoms with Gasteiger partial charge in [0.2, 0.25) is 11.8 Å². The van der Waals surface area contributed by atoms with Crippen LogP contribution in [0.3, 0.4) is 0 Å². The molecule has 0 radical (unpaired) electrons. The second kappa shape index (κ2) is 15.0. The van der Waals surface area contributed by atoms with Crippen LogP contribution in [0.2, 0.25) is 0 Å². The van der Waals surface area contributed by atoms with Gasteiger partial charge in [0, 0.05) is 31.8 Å². The van der Waals surface area contributed by atoms with Gasteiger partial charge in [-0.3, -0.25) is 19.3 Å². The first-order chi connectivity index (χ1) is 28.1. The Hall–Kier alpha value is -6.11. The van der Waals surface area contributed by atoms with E-state index in [0.717, 1.165) is 82.0 Å². The molecule has 9 rings (SSSR count). The SMILES string of the molecule is COC(=O)NC(C(=O)N1CCCC1C1NC(c2ccc(-c3ccc(-c4c[n+](C)c(C5Cc6cccc7c6N5C(=O)C(C(=O)OC)CC7)[nH]4)cc3)cc2)=CN1C)C1CC1. The Kier molecular flexibility index (Phi) is 9.69. The van der Waals surface area contributed by atoms with Crippen molar-refractivity contribution in [2.75, 3.05) is 32.7 Å². The number of amides is 3. The summed E-state index contributed by atoms with van der Waals surface area (Å²) in [5.41, 5.74) is 9.32. The molecule has 4 aliphatic heterocycles.